The van der Waals surface area contributed by atoms with Crippen molar-refractivity contribution in [3.05, 3.63) is 12.7 Å². The number of carbonyl (C=O) groups is 2. The van der Waals surface area contributed by atoms with E-state index in [2.05, 4.69) is 11.3 Å². The summed E-state index contributed by atoms with van der Waals surface area (Å²) in [6, 6.07) is 0.283. The van der Waals surface area contributed by atoms with Gasteiger partial charge in [-0.15, -0.1) is 6.58 Å². The van der Waals surface area contributed by atoms with Crippen LogP contribution in [0.2, 0.25) is 0 Å². The van der Waals surface area contributed by atoms with E-state index in [1.807, 2.05) is 4.90 Å². The third-order valence-corrected chi connectivity index (χ3v) is 2.61. The van der Waals surface area contributed by atoms with Gasteiger partial charge in [0.1, 0.15) is 0 Å². The zero-order valence-corrected chi connectivity index (χ0v) is 10.0. The summed E-state index contributed by atoms with van der Waals surface area (Å²) < 4.78 is 3.86. The second kappa shape index (κ2) is 6.90. The first-order chi connectivity index (χ1) is 8.24. The molecule has 0 aliphatic carbocycles. The molecule has 2 amide bonds. The normalized spacial score (nSPS) is 21.7. The van der Waals surface area contributed by atoms with Crippen molar-refractivity contribution in [1.29, 1.82) is 0 Å². The number of nitrogens with zero attached hydrogens (tertiary/aromatic N) is 2. The number of methoxy groups -OCH3 is 1. The summed E-state index contributed by atoms with van der Waals surface area (Å²) in [6.45, 7) is 6.05. The maximum Gasteiger partial charge on any atom is 0.344 e. The molecule has 0 spiro atoms. The van der Waals surface area contributed by atoms with Crippen LogP contribution in [0.4, 0.5) is 4.79 Å². The molecule has 1 unspecified atom stereocenters. The molecule has 2 bridgehead atoms. The predicted molar refractivity (Wildman–Crippen MR) is 61.1 cm³/mol. The van der Waals surface area contributed by atoms with Crippen molar-refractivity contribution in [3.8, 4) is 0 Å². The van der Waals surface area contributed by atoms with Crippen molar-refractivity contribution in [3.63, 3.8) is 0 Å². The minimum atomic E-state index is 0.0179. The number of hydrogen-bond acceptors (Lipinski definition) is 4. The molecule has 0 saturated carbocycles. The maximum atomic E-state index is 11.6. The van der Waals surface area contributed by atoms with E-state index >= 15 is 0 Å². The Morgan fingerprint density at radius 3 is 2.82 bits per heavy atom. The highest BCUT2D eigenvalue weighted by Gasteiger charge is 2.40. The first-order valence-corrected chi connectivity index (χ1v) is 5.53. The number of ether oxygens (including phenoxy) is 1. The van der Waals surface area contributed by atoms with Gasteiger partial charge in [-0.05, 0) is 12.8 Å². The van der Waals surface area contributed by atoms with Crippen LogP contribution in [0.25, 0.3) is 0 Å². The van der Waals surface area contributed by atoms with Gasteiger partial charge in [-0.1, -0.05) is 6.08 Å². The molecule has 0 aromatic carbocycles. The molecule has 2 fully saturated rings. The molecular formula is C11H18N2O4. The van der Waals surface area contributed by atoms with Crippen LogP contribution in [-0.4, -0.2) is 55.3 Å². The molecule has 17 heavy (non-hydrogen) atoms. The highest BCUT2D eigenvalue weighted by molar-refractivity contribution is 5.76. The highest BCUT2D eigenvalue weighted by atomic mass is 16.7. The summed E-state index contributed by atoms with van der Waals surface area (Å²) in [6.07, 6.45) is 3.80. The third-order valence-electron chi connectivity index (χ3n) is 2.61. The van der Waals surface area contributed by atoms with E-state index in [4.69, 9.17) is 9.63 Å². The molecule has 0 aromatic rings. The summed E-state index contributed by atoms with van der Waals surface area (Å²) in [5, 5.41) is 1.51. The Hall–Kier alpha value is -1.56. The molecule has 1 atom stereocenters. The number of carbonyl (C=O) groups excluding carboxylic acids is 2. The van der Waals surface area contributed by atoms with E-state index in [9.17, 15) is 4.79 Å². The largest absolute Gasteiger partial charge is 0.471 e. The van der Waals surface area contributed by atoms with Crippen LogP contribution in [0.5, 0.6) is 0 Å². The second-order valence-electron chi connectivity index (χ2n) is 3.77. The Morgan fingerprint density at radius 1 is 1.59 bits per heavy atom. The average molecular weight is 242 g/mol. The summed E-state index contributed by atoms with van der Waals surface area (Å²) in [5.41, 5.74) is 0. The maximum absolute atomic E-state index is 11.6. The molecular weight excluding hydrogens is 224 g/mol. The zero-order valence-electron chi connectivity index (χ0n) is 10.0. The zero-order chi connectivity index (χ0) is 12.7. The average Bonchev–Trinajstić information content (AvgIpc) is 2.59. The topological polar surface area (TPSA) is 59.1 Å². The van der Waals surface area contributed by atoms with Gasteiger partial charge in [0, 0.05) is 13.1 Å². The van der Waals surface area contributed by atoms with Crippen LogP contribution >= 0.6 is 0 Å². The standard InChI is InChI=1S/C9H14N2O2.C2H4O2/c1-2-6-13-11-8-4-3-5-10(7-8)9(11)12;1-4-2-3/h2,8H,1,3-7H2;2H,1H3. The van der Waals surface area contributed by atoms with Gasteiger partial charge < -0.3 is 9.64 Å². The first kappa shape index (κ1) is 13.5. The van der Waals surface area contributed by atoms with E-state index in [1.165, 1.54) is 12.2 Å². The van der Waals surface area contributed by atoms with Crippen molar-refractivity contribution in [2.75, 3.05) is 26.8 Å². The Labute approximate surface area is 101 Å². The van der Waals surface area contributed by atoms with Crippen molar-refractivity contribution in [2.45, 2.75) is 18.9 Å². The molecule has 2 aliphatic heterocycles. The monoisotopic (exact) mass is 242 g/mol. The molecule has 0 N–H and O–H groups in total. The van der Waals surface area contributed by atoms with Crippen LogP contribution < -0.4 is 0 Å². The number of hydrogen-bond donors (Lipinski definition) is 0. The molecule has 0 aromatic heterocycles. The van der Waals surface area contributed by atoms with Gasteiger partial charge in [0.2, 0.25) is 0 Å². The summed E-state index contributed by atoms with van der Waals surface area (Å²) in [7, 11) is 1.31. The van der Waals surface area contributed by atoms with Gasteiger partial charge in [0.25, 0.3) is 6.47 Å². The summed E-state index contributed by atoms with van der Waals surface area (Å²) >= 11 is 0. The molecule has 2 aliphatic rings. The van der Waals surface area contributed by atoms with Gasteiger partial charge in [-0.3, -0.25) is 9.63 Å². The minimum absolute atomic E-state index is 0.0179. The minimum Gasteiger partial charge on any atom is -0.471 e. The molecule has 6 nitrogen and oxygen atoms in total. The van der Waals surface area contributed by atoms with Crippen molar-refractivity contribution in [1.82, 2.24) is 9.96 Å². The first-order valence-electron chi connectivity index (χ1n) is 5.53. The fourth-order valence-electron chi connectivity index (χ4n) is 1.91. The molecule has 6 heteroatoms. The summed E-state index contributed by atoms with van der Waals surface area (Å²) in [4.78, 5) is 27.7. The Kier molecular flexibility index (Phi) is 5.48. The van der Waals surface area contributed by atoms with Crippen molar-refractivity contribution in [2.24, 2.45) is 0 Å². The van der Waals surface area contributed by atoms with Crippen molar-refractivity contribution >= 4 is 12.5 Å². The molecule has 2 heterocycles. The molecule has 2 rings (SSSR count). The van der Waals surface area contributed by atoms with Crippen molar-refractivity contribution < 1.29 is 19.2 Å². The van der Waals surface area contributed by atoms with Gasteiger partial charge in [-0.25, -0.2) is 4.79 Å². The SMILES string of the molecule is C=CCON1C(=O)N2CCCC1C2.COC=O. The lowest BCUT2D eigenvalue weighted by Gasteiger charge is -2.21. The van der Waals surface area contributed by atoms with E-state index in [1.54, 1.807) is 6.08 Å². The van der Waals surface area contributed by atoms with E-state index in [0.29, 0.717) is 13.1 Å². The van der Waals surface area contributed by atoms with Gasteiger partial charge in [0.15, 0.2) is 0 Å². The summed E-state index contributed by atoms with van der Waals surface area (Å²) in [5.74, 6) is 0. The van der Waals surface area contributed by atoms with Crippen LogP contribution in [0.1, 0.15) is 12.8 Å². The smallest absolute Gasteiger partial charge is 0.344 e. The number of amides is 2. The number of urea groups is 1. The Bertz CT molecular complexity index is 283. The fourth-order valence-corrected chi connectivity index (χ4v) is 1.91. The number of rotatable bonds is 4. The highest BCUT2D eigenvalue weighted by Crippen LogP contribution is 2.25. The Balaban J connectivity index is 0.000000317. The lowest BCUT2D eigenvalue weighted by atomic mass is 10.1. The Morgan fingerprint density at radius 2 is 2.29 bits per heavy atom. The van der Waals surface area contributed by atoms with Gasteiger partial charge >= 0.3 is 6.03 Å². The lowest BCUT2D eigenvalue weighted by Crippen LogP contribution is -2.33. The third kappa shape index (κ3) is 3.45. The van der Waals surface area contributed by atoms with E-state index < -0.39 is 0 Å². The van der Waals surface area contributed by atoms with E-state index in [0.717, 1.165) is 25.9 Å². The number of hydroxylamine groups is 2. The van der Waals surface area contributed by atoms with Crippen LogP contribution in [0.3, 0.4) is 0 Å². The number of fused-ring (bicyclic) bond motifs is 2. The quantitative estimate of drug-likeness (QED) is 0.540. The molecule has 96 valence electrons. The second-order valence-corrected chi connectivity index (χ2v) is 3.77. The lowest BCUT2D eigenvalue weighted by molar-refractivity contribution is -0.126. The molecule has 0 radical (unpaired) electrons. The number of piperidine rings is 1. The van der Waals surface area contributed by atoms with E-state index in [-0.39, 0.29) is 12.1 Å². The predicted octanol–water partition coefficient (Wildman–Crippen LogP) is 0.793. The van der Waals surface area contributed by atoms with Gasteiger partial charge in [0.05, 0.1) is 19.8 Å². The molecule has 2 saturated heterocycles. The van der Waals surface area contributed by atoms with Gasteiger partial charge in [-0.2, -0.15) is 5.06 Å². The van der Waals surface area contributed by atoms with Crippen LogP contribution in [0.15, 0.2) is 12.7 Å². The fraction of sp³-hybridized carbons (Fsp3) is 0.636. The van der Waals surface area contributed by atoms with Crippen LogP contribution in [-0.2, 0) is 14.4 Å². The van der Waals surface area contributed by atoms with Crippen LogP contribution in [0, 0.1) is 0 Å².